The minimum absolute atomic E-state index is 0.105. The Morgan fingerprint density at radius 3 is 2.45 bits per heavy atom. The van der Waals surface area contributed by atoms with E-state index in [0.29, 0.717) is 10.8 Å². The van der Waals surface area contributed by atoms with Gasteiger partial charge in [0.15, 0.2) is 0 Å². The van der Waals surface area contributed by atoms with Crippen molar-refractivity contribution in [2.45, 2.75) is 19.0 Å². The molecule has 4 nitrogen and oxygen atoms in total. The molecule has 1 amide bonds. The van der Waals surface area contributed by atoms with Gasteiger partial charge < -0.3 is 15.4 Å². The van der Waals surface area contributed by atoms with E-state index in [0.717, 1.165) is 11.3 Å². The number of β-lactam (4-membered cyclic amide) rings is 1. The van der Waals surface area contributed by atoms with E-state index in [1.54, 1.807) is 24.1 Å². The van der Waals surface area contributed by atoms with Gasteiger partial charge in [-0.1, -0.05) is 41.4 Å². The maximum Gasteiger partial charge on any atom is 0.247 e. The number of carbonyl (C=O) groups is 1. The average Bonchev–Trinajstić information content (AvgIpc) is 2.52. The quantitative estimate of drug-likeness (QED) is 0.885. The molecular weight excluding hydrogens is 300 g/mol. The topological polar surface area (TPSA) is 55.6 Å². The Morgan fingerprint density at radius 1 is 1.18 bits per heavy atom. The maximum absolute atomic E-state index is 12.2. The molecule has 2 aromatic rings. The molecule has 5 heteroatoms. The summed E-state index contributed by atoms with van der Waals surface area (Å²) in [6, 6.07) is 12.6. The number of nitrogens with two attached hydrogens (primary N) is 1. The standard InChI is InChI=1S/C17H17ClN2O2/c1-10-3-5-11(6-4-10)16-15(19)17(21)20(16)12-7-8-14(22-2)13(18)9-12/h3-9,15-16H,19H2,1-2H3/t15-,16-/m1/s1. The first kappa shape index (κ1) is 14.9. The molecule has 1 heterocycles. The summed E-state index contributed by atoms with van der Waals surface area (Å²) in [7, 11) is 1.56. The van der Waals surface area contributed by atoms with Gasteiger partial charge in [-0.05, 0) is 30.7 Å². The van der Waals surface area contributed by atoms with Gasteiger partial charge in [0.1, 0.15) is 11.8 Å². The largest absolute Gasteiger partial charge is 0.495 e. The number of carbonyl (C=O) groups excluding carboxylic acids is 1. The van der Waals surface area contributed by atoms with E-state index in [9.17, 15) is 4.79 Å². The highest BCUT2D eigenvalue weighted by Gasteiger charge is 2.46. The fraction of sp³-hybridized carbons (Fsp3) is 0.235. The minimum atomic E-state index is -0.524. The number of benzene rings is 2. The third kappa shape index (κ3) is 2.34. The highest BCUT2D eigenvalue weighted by molar-refractivity contribution is 6.32. The first-order chi connectivity index (χ1) is 10.5. The molecule has 2 N–H and O–H groups in total. The number of methoxy groups -OCH3 is 1. The van der Waals surface area contributed by atoms with Gasteiger partial charge in [0.05, 0.1) is 18.2 Å². The monoisotopic (exact) mass is 316 g/mol. The minimum Gasteiger partial charge on any atom is -0.495 e. The predicted octanol–water partition coefficient (Wildman–Crippen LogP) is 3.07. The Bertz CT molecular complexity index is 715. The Hall–Kier alpha value is -2.04. The zero-order chi connectivity index (χ0) is 15.9. The fourth-order valence-corrected chi connectivity index (χ4v) is 2.98. The molecule has 0 radical (unpaired) electrons. The van der Waals surface area contributed by atoms with Crippen LogP contribution in [0.1, 0.15) is 17.2 Å². The van der Waals surface area contributed by atoms with Gasteiger partial charge in [0.25, 0.3) is 0 Å². The Labute approximate surface area is 134 Å². The van der Waals surface area contributed by atoms with Crippen LogP contribution in [0.25, 0.3) is 0 Å². The molecule has 0 aliphatic carbocycles. The highest BCUT2D eigenvalue weighted by atomic mass is 35.5. The van der Waals surface area contributed by atoms with Crippen LogP contribution in [-0.2, 0) is 4.79 Å². The van der Waals surface area contributed by atoms with E-state index in [2.05, 4.69) is 0 Å². The lowest BCUT2D eigenvalue weighted by molar-refractivity contribution is -0.126. The van der Waals surface area contributed by atoms with Crippen LogP contribution in [0.2, 0.25) is 5.02 Å². The Kier molecular flexibility index (Phi) is 3.81. The molecule has 114 valence electrons. The summed E-state index contributed by atoms with van der Waals surface area (Å²) in [5.74, 6) is 0.474. The van der Waals surface area contributed by atoms with Crippen LogP contribution in [0.15, 0.2) is 42.5 Å². The first-order valence-corrected chi connectivity index (χ1v) is 7.39. The molecule has 1 saturated heterocycles. The lowest BCUT2D eigenvalue weighted by Gasteiger charge is -2.45. The number of nitrogens with zero attached hydrogens (tertiary/aromatic N) is 1. The molecular formula is C17H17ClN2O2. The molecule has 2 aromatic carbocycles. The van der Waals surface area contributed by atoms with E-state index in [1.165, 1.54) is 5.56 Å². The van der Waals surface area contributed by atoms with Crippen molar-refractivity contribution >= 4 is 23.2 Å². The summed E-state index contributed by atoms with van der Waals surface area (Å²) in [6.45, 7) is 2.02. The molecule has 0 saturated carbocycles. The van der Waals surface area contributed by atoms with Gasteiger partial charge in [-0.25, -0.2) is 0 Å². The van der Waals surface area contributed by atoms with Gasteiger partial charge in [0, 0.05) is 5.69 Å². The van der Waals surface area contributed by atoms with Crippen LogP contribution in [0, 0.1) is 6.92 Å². The SMILES string of the molecule is COc1ccc(N2C(=O)[C@H](N)[C@H]2c2ccc(C)cc2)cc1Cl. The van der Waals surface area contributed by atoms with E-state index in [1.807, 2.05) is 37.3 Å². The number of hydrogen-bond acceptors (Lipinski definition) is 3. The summed E-state index contributed by atoms with van der Waals surface area (Å²) in [5, 5.41) is 0.468. The summed E-state index contributed by atoms with van der Waals surface area (Å²) in [5.41, 5.74) is 8.92. The molecule has 1 aliphatic heterocycles. The number of hydrogen-bond donors (Lipinski definition) is 1. The van der Waals surface area contributed by atoms with Gasteiger partial charge in [0.2, 0.25) is 5.91 Å². The first-order valence-electron chi connectivity index (χ1n) is 7.01. The number of anilines is 1. The summed E-state index contributed by atoms with van der Waals surface area (Å²) < 4.78 is 5.14. The number of rotatable bonds is 3. The average molecular weight is 317 g/mol. The van der Waals surface area contributed by atoms with Crippen molar-refractivity contribution in [3.63, 3.8) is 0 Å². The Morgan fingerprint density at radius 2 is 1.86 bits per heavy atom. The highest BCUT2D eigenvalue weighted by Crippen LogP contribution is 2.40. The van der Waals surface area contributed by atoms with Crippen LogP contribution in [-0.4, -0.2) is 19.1 Å². The van der Waals surface area contributed by atoms with Crippen molar-refractivity contribution < 1.29 is 9.53 Å². The van der Waals surface area contributed by atoms with Crippen molar-refractivity contribution in [2.24, 2.45) is 5.73 Å². The zero-order valence-corrected chi connectivity index (χ0v) is 13.2. The lowest BCUT2D eigenvalue weighted by atomic mass is 9.88. The molecule has 0 aromatic heterocycles. The van der Waals surface area contributed by atoms with E-state index >= 15 is 0 Å². The van der Waals surface area contributed by atoms with Gasteiger partial charge in [-0.2, -0.15) is 0 Å². The fourth-order valence-electron chi connectivity index (χ4n) is 2.72. The van der Waals surface area contributed by atoms with E-state index in [4.69, 9.17) is 22.1 Å². The smallest absolute Gasteiger partial charge is 0.247 e. The number of ether oxygens (including phenoxy) is 1. The second-order valence-electron chi connectivity index (χ2n) is 5.41. The van der Waals surface area contributed by atoms with Crippen molar-refractivity contribution in [3.05, 3.63) is 58.6 Å². The number of amides is 1. The maximum atomic E-state index is 12.2. The molecule has 0 spiro atoms. The second-order valence-corrected chi connectivity index (χ2v) is 5.82. The van der Waals surface area contributed by atoms with E-state index < -0.39 is 6.04 Å². The third-order valence-electron chi connectivity index (χ3n) is 3.97. The molecule has 22 heavy (non-hydrogen) atoms. The Balaban J connectivity index is 1.96. The van der Waals surface area contributed by atoms with Crippen LogP contribution in [0.3, 0.4) is 0 Å². The van der Waals surface area contributed by atoms with Crippen molar-refractivity contribution in [2.75, 3.05) is 12.0 Å². The number of halogens is 1. The molecule has 1 fully saturated rings. The molecule has 1 aliphatic rings. The third-order valence-corrected chi connectivity index (χ3v) is 4.27. The van der Waals surface area contributed by atoms with Gasteiger partial charge >= 0.3 is 0 Å². The van der Waals surface area contributed by atoms with Crippen molar-refractivity contribution in [1.82, 2.24) is 0 Å². The molecule has 3 rings (SSSR count). The summed E-state index contributed by atoms with van der Waals surface area (Å²) in [4.78, 5) is 13.9. The lowest BCUT2D eigenvalue weighted by Crippen LogP contribution is -2.63. The van der Waals surface area contributed by atoms with Crippen molar-refractivity contribution in [1.29, 1.82) is 0 Å². The molecule has 0 bridgehead atoms. The zero-order valence-electron chi connectivity index (χ0n) is 12.4. The molecule has 2 atom stereocenters. The molecule has 0 unspecified atom stereocenters. The number of aryl methyl sites for hydroxylation is 1. The van der Waals surface area contributed by atoms with E-state index in [-0.39, 0.29) is 11.9 Å². The van der Waals surface area contributed by atoms with Gasteiger partial charge in [-0.15, -0.1) is 0 Å². The summed E-state index contributed by atoms with van der Waals surface area (Å²) in [6.07, 6.45) is 0. The second kappa shape index (κ2) is 5.63. The predicted molar refractivity (Wildman–Crippen MR) is 87.4 cm³/mol. The van der Waals surface area contributed by atoms with Gasteiger partial charge in [-0.3, -0.25) is 4.79 Å². The van der Waals surface area contributed by atoms with Crippen molar-refractivity contribution in [3.8, 4) is 5.75 Å². The van der Waals surface area contributed by atoms with Crippen LogP contribution in [0.5, 0.6) is 5.75 Å². The summed E-state index contributed by atoms with van der Waals surface area (Å²) >= 11 is 6.16. The van der Waals surface area contributed by atoms with Crippen LogP contribution < -0.4 is 15.4 Å². The van der Waals surface area contributed by atoms with Crippen LogP contribution >= 0.6 is 11.6 Å². The van der Waals surface area contributed by atoms with Crippen LogP contribution in [0.4, 0.5) is 5.69 Å². The normalized spacial score (nSPS) is 20.7.